The van der Waals surface area contributed by atoms with Crippen LogP contribution in [0, 0.1) is 19.7 Å². The van der Waals surface area contributed by atoms with Gasteiger partial charge in [0, 0.05) is 17.7 Å². The summed E-state index contributed by atoms with van der Waals surface area (Å²) in [5.41, 5.74) is 1.90. The van der Waals surface area contributed by atoms with E-state index in [4.69, 9.17) is 0 Å². The van der Waals surface area contributed by atoms with E-state index in [0.717, 1.165) is 16.1 Å². The number of hydrogen-bond acceptors (Lipinski definition) is 5. The minimum Gasteiger partial charge on any atom is -0.297 e. The molecule has 0 unspecified atom stereocenters. The number of aryl methyl sites for hydroxylation is 2. The predicted octanol–water partition coefficient (Wildman–Crippen LogP) is 3.02. The number of hydrogen-bond donors (Lipinski definition) is 1. The Kier molecular flexibility index (Phi) is 4.89. The first-order valence-corrected chi connectivity index (χ1v) is 8.61. The number of thiazole rings is 1. The van der Waals surface area contributed by atoms with Gasteiger partial charge in [-0.3, -0.25) is 14.9 Å². The van der Waals surface area contributed by atoms with Gasteiger partial charge in [-0.1, -0.05) is 12.1 Å². The van der Waals surface area contributed by atoms with Crippen LogP contribution in [0.25, 0.3) is 0 Å². The molecule has 1 aromatic heterocycles. The second-order valence-corrected chi connectivity index (χ2v) is 6.94. The molecule has 1 aliphatic heterocycles. The van der Waals surface area contributed by atoms with Crippen LogP contribution in [0.1, 0.15) is 29.0 Å². The second-order valence-electron chi connectivity index (χ2n) is 5.74. The number of halogens is 1. The minimum atomic E-state index is -0.356. The number of hydrazone groups is 1. The number of amides is 2. The zero-order valence-electron chi connectivity index (χ0n) is 13.9. The Balaban J connectivity index is 1.73. The Morgan fingerprint density at radius 2 is 2.00 bits per heavy atom. The SMILES string of the molecule is Cc1nc(NC(=O)C2=NN(Cc3ccc(F)cc3)C(=O)CC2)sc1C. The lowest BCUT2D eigenvalue weighted by Crippen LogP contribution is -2.36. The first kappa shape index (κ1) is 17.2. The Bertz CT molecular complexity index is 825. The summed E-state index contributed by atoms with van der Waals surface area (Å²) in [6.07, 6.45) is 0.497. The summed E-state index contributed by atoms with van der Waals surface area (Å²) in [6, 6.07) is 5.84. The van der Waals surface area contributed by atoms with Crippen molar-refractivity contribution in [1.82, 2.24) is 9.99 Å². The van der Waals surface area contributed by atoms with Gasteiger partial charge in [-0.25, -0.2) is 14.4 Å². The van der Waals surface area contributed by atoms with E-state index in [1.165, 1.54) is 28.5 Å². The molecular formula is C17H17FN4O2S. The maximum Gasteiger partial charge on any atom is 0.273 e. The number of carbonyl (C=O) groups excluding carboxylic acids is 2. The summed E-state index contributed by atoms with van der Waals surface area (Å²) in [4.78, 5) is 29.7. The Morgan fingerprint density at radius 1 is 1.28 bits per heavy atom. The Morgan fingerprint density at radius 3 is 2.64 bits per heavy atom. The lowest BCUT2D eigenvalue weighted by molar-refractivity contribution is -0.132. The first-order valence-electron chi connectivity index (χ1n) is 7.80. The molecule has 130 valence electrons. The zero-order valence-corrected chi connectivity index (χ0v) is 14.7. The highest BCUT2D eigenvalue weighted by Crippen LogP contribution is 2.22. The third-order valence-corrected chi connectivity index (χ3v) is 4.85. The number of carbonyl (C=O) groups is 2. The largest absolute Gasteiger partial charge is 0.297 e. The van der Waals surface area contributed by atoms with Gasteiger partial charge in [-0.15, -0.1) is 11.3 Å². The van der Waals surface area contributed by atoms with Gasteiger partial charge in [0.25, 0.3) is 5.91 Å². The third-order valence-electron chi connectivity index (χ3n) is 3.86. The molecule has 2 amide bonds. The van der Waals surface area contributed by atoms with Gasteiger partial charge in [-0.2, -0.15) is 5.10 Å². The molecule has 1 aromatic carbocycles. The van der Waals surface area contributed by atoms with Crippen molar-refractivity contribution in [2.75, 3.05) is 5.32 Å². The van der Waals surface area contributed by atoms with Gasteiger partial charge in [0.05, 0.1) is 12.2 Å². The standard InChI is InChI=1S/C17H17FN4O2S/c1-10-11(2)25-17(19-10)20-16(24)14-7-8-15(23)22(21-14)9-12-3-5-13(18)6-4-12/h3-6H,7-9H2,1-2H3,(H,19,20,24). The van der Waals surface area contributed by atoms with E-state index < -0.39 is 0 Å². The quantitative estimate of drug-likeness (QED) is 0.911. The van der Waals surface area contributed by atoms with Crippen molar-refractivity contribution in [3.63, 3.8) is 0 Å². The van der Waals surface area contributed by atoms with E-state index in [1.54, 1.807) is 12.1 Å². The number of nitrogens with one attached hydrogen (secondary N) is 1. The van der Waals surface area contributed by atoms with Crippen LogP contribution in [0.3, 0.4) is 0 Å². The molecule has 6 nitrogen and oxygen atoms in total. The fourth-order valence-corrected chi connectivity index (χ4v) is 3.16. The van der Waals surface area contributed by atoms with Crippen LogP contribution in [0.15, 0.2) is 29.4 Å². The number of nitrogens with zero attached hydrogens (tertiary/aromatic N) is 3. The molecule has 0 saturated heterocycles. The molecule has 2 aromatic rings. The van der Waals surface area contributed by atoms with Gasteiger partial charge >= 0.3 is 0 Å². The highest BCUT2D eigenvalue weighted by atomic mass is 32.1. The third kappa shape index (κ3) is 4.08. The van der Waals surface area contributed by atoms with Crippen LogP contribution in [0.2, 0.25) is 0 Å². The number of benzene rings is 1. The van der Waals surface area contributed by atoms with Crippen molar-refractivity contribution in [2.45, 2.75) is 33.2 Å². The van der Waals surface area contributed by atoms with Crippen LogP contribution in [-0.2, 0) is 16.1 Å². The molecule has 0 spiro atoms. The predicted molar refractivity (Wildman–Crippen MR) is 93.8 cm³/mol. The molecule has 0 bridgehead atoms. The number of rotatable bonds is 4. The number of anilines is 1. The molecule has 0 fully saturated rings. The summed E-state index contributed by atoms with van der Waals surface area (Å²) < 4.78 is 13.0. The molecule has 1 aliphatic rings. The van der Waals surface area contributed by atoms with Gasteiger partial charge in [0.1, 0.15) is 11.5 Å². The average molecular weight is 360 g/mol. The highest BCUT2D eigenvalue weighted by molar-refractivity contribution is 7.15. The molecule has 3 rings (SSSR count). The highest BCUT2D eigenvalue weighted by Gasteiger charge is 2.25. The summed E-state index contributed by atoms with van der Waals surface area (Å²) >= 11 is 1.40. The van der Waals surface area contributed by atoms with Crippen LogP contribution < -0.4 is 5.32 Å². The minimum absolute atomic E-state index is 0.165. The summed E-state index contributed by atoms with van der Waals surface area (Å²) in [5.74, 6) is -0.863. The molecule has 0 saturated carbocycles. The molecular weight excluding hydrogens is 343 g/mol. The van der Waals surface area contributed by atoms with Crippen molar-refractivity contribution in [2.24, 2.45) is 5.10 Å². The van der Waals surface area contributed by atoms with Gasteiger partial charge in [0.15, 0.2) is 5.13 Å². The Labute approximate surface area is 148 Å². The second kappa shape index (κ2) is 7.10. The zero-order chi connectivity index (χ0) is 18.0. The maximum atomic E-state index is 13.0. The average Bonchev–Trinajstić information content (AvgIpc) is 2.89. The Hall–Kier alpha value is -2.61. The topological polar surface area (TPSA) is 74.7 Å². The first-order chi connectivity index (χ1) is 11.9. The molecule has 8 heteroatoms. The van der Waals surface area contributed by atoms with Gasteiger partial charge in [-0.05, 0) is 31.5 Å². The fraction of sp³-hybridized carbons (Fsp3) is 0.294. The van der Waals surface area contributed by atoms with E-state index in [0.29, 0.717) is 5.13 Å². The normalized spacial score (nSPS) is 14.4. The van der Waals surface area contributed by atoms with Crippen molar-refractivity contribution >= 4 is 34.0 Å². The van der Waals surface area contributed by atoms with E-state index in [2.05, 4.69) is 15.4 Å². The van der Waals surface area contributed by atoms with Gasteiger partial charge in [0.2, 0.25) is 5.91 Å². The number of aromatic nitrogens is 1. The van der Waals surface area contributed by atoms with E-state index >= 15 is 0 Å². The van der Waals surface area contributed by atoms with Crippen molar-refractivity contribution in [3.05, 3.63) is 46.2 Å². The molecule has 0 atom stereocenters. The summed E-state index contributed by atoms with van der Waals surface area (Å²) in [6.45, 7) is 4.01. The lowest BCUT2D eigenvalue weighted by atomic mass is 10.1. The molecule has 0 radical (unpaired) electrons. The molecule has 2 heterocycles. The van der Waals surface area contributed by atoms with Gasteiger partial charge < -0.3 is 0 Å². The van der Waals surface area contributed by atoms with Crippen molar-refractivity contribution in [3.8, 4) is 0 Å². The van der Waals surface area contributed by atoms with E-state index in [1.807, 2.05) is 13.8 Å². The summed E-state index contributed by atoms with van der Waals surface area (Å²) in [5, 5.41) is 8.68. The van der Waals surface area contributed by atoms with E-state index in [9.17, 15) is 14.0 Å². The van der Waals surface area contributed by atoms with Crippen molar-refractivity contribution in [1.29, 1.82) is 0 Å². The fourth-order valence-electron chi connectivity index (χ4n) is 2.35. The lowest BCUT2D eigenvalue weighted by Gasteiger charge is -2.23. The molecule has 1 N–H and O–H groups in total. The molecule has 25 heavy (non-hydrogen) atoms. The maximum absolute atomic E-state index is 13.0. The summed E-state index contributed by atoms with van der Waals surface area (Å²) in [7, 11) is 0. The van der Waals surface area contributed by atoms with Crippen molar-refractivity contribution < 1.29 is 14.0 Å². The molecule has 0 aliphatic carbocycles. The van der Waals surface area contributed by atoms with Crippen LogP contribution in [0.4, 0.5) is 9.52 Å². The smallest absolute Gasteiger partial charge is 0.273 e. The monoisotopic (exact) mass is 360 g/mol. The van der Waals surface area contributed by atoms with E-state index in [-0.39, 0.29) is 42.7 Å². The van der Waals surface area contributed by atoms with Crippen LogP contribution in [0.5, 0.6) is 0 Å². The van der Waals surface area contributed by atoms with Crippen LogP contribution >= 0.6 is 11.3 Å². The van der Waals surface area contributed by atoms with Crippen LogP contribution in [-0.4, -0.2) is 27.5 Å².